The quantitative estimate of drug-likeness (QED) is 0.763. The van der Waals surface area contributed by atoms with Gasteiger partial charge in [-0.25, -0.2) is 0 Å². The van der Waals surface area contributed by atoms with E-state index in [0.29, 0.717) is 11.6 Å². The van der Waals surface area contributed by atoms with Gasteiger partial charge in [0.25, 0.3) is 0 Å². The summed E-state index contributed by atoms with van der Waals surface area (Å²) in [7, 11) is 3.32. The molecule has 1 fully saturated rings. The second-order valence-corrected chi connectivity index (χ2v) is 7.44. The molecule has 1 saturated heterocycles. The number of carbonyl (C=O) groups excluding carboxylic acids is 1. The lowest BCUT2D eigenvalue weighted by Gasteiger charge is -2.31. The van der Waals surface area contributed by atoms with Crippen LogP contribution in [0.15, 0.2) is 42.5 Å². The van der Waals surface area contributed by atoms with E-state index in [1.165, 1.54) is 0 Å². The van der Waals surface area contributed by atoms with Gasteiger partial charge in [0, 0.05) is 35.7 Å². The second-order valence-electron chi connectivity index (χ2n) is 7.04. The third kappa shape index (κ3) is 5.18. The Morgan fingerprint density at radius 1 is 1.11 bits per heavy atom. The molecule has 0 aliphatic carbocycles. The van der Waals surface area contributed by atoms with E-state index in [2.05, 4.69) is 10.2 Å². The van der Waals surface area contributed by atoms with Gasteiger partial charge in [0.05, 0.1) is 14.2 Å². The summed E-state index contributed by atoms with van der Waals surface area (Å²) >= 11 is 6.16. The molecule has 5 nitrogen and oxygen atoms in total. The highest BCUT2D eigenvalue weighted by atomic mass is 35.5. The van der Waals surface area contributed by atoms with Gasteiger partial charge in [0.15, 0.2) is 0 Å². The molecule has 1 aliphatic heterocycles. The number of halogens is 1. The average Bonchev–Trinajstić information content (AvgIpc) is 2.73. The molecule has 1 amide bonds. The summed E-state index contributed by atoms with van der Waals surface area (Å²) in [5.74, 6) is 1.78. The third-order valence-corrected chi connectivity index (χ3v) is 5.63. The predicted molar refractivity (Wildman–Crippen MR) is 111 cm³/mol. The molecule has 0 bridgehead atoms. The maximum Gasteiger partial charge on any atom is 0.223 e. The number of rotatable bonds is 7. The molecule has 2 aromatic rings. The molecule has 6 heteroatoms. The molecule has 0 unspecified atom stereocenters. The van der Waals surface area contributed by atoms with Crippen molar-refractivity contribution < 1.29 is 14.3 Å². The summed E-state index contributed by atoms with van der Waals surface area (Å²) in [6.45, 7) is 3.06. The second kappa shape index (κ2) is 9.80. The molecule has 1 aliphatic rings. The van der Waals surface area contributed by atoms with Crippen LogP contribution < -0.4 is 14.8 Å². The van der Waals surface area contributed by atoms with E-state index in [9.17, 15) is 4.79 Å². The number of hydrogen-bond acceptors (Lipinski definition) is 4. The fourth-order valence-electron chi connectivity index (χ4n) is 3.55. The molecule has 2 aromatic carbocycles. The van der Waals surface area contributed by atoms with Crippen molar-refractivity contribution >= 4 is 17.5 Å². The number of amides is 1. The lowest BCUT2D eigenvalue weighted by Crippen LogP contribution is -2.40. The van der Waals surface area contributed by atoms with Crippen LogP contribution in [-0.2, 0) is 17.9 Å². The molecule has 0 saturated carbocycles. The van der Waals surface area contributed by atoms with Crippen molar-refractivity contribution in [1.29, 1.82) is 0 Å². The van der Waals surface area contributed by atoms with Gasteiger partial charge in [0.2, 0.25) is 5.91 Å². The Balaban J connectivity index is 1.49. The van der Waals surface area contributed by atoms with Crippen molar-refractivity contribution in [2.24, 2.45) is 5.92 Å². The van der Waals surface area contributed by atoms with Crippen LogP contribution in [0.1, 0.15) is 24.0 Å². The van der Waals surface area contributed by atoms with Gasteiger partial charge in [0.1, 0.15) is 11.5 Å². The average molecular weight is 403 g/mol. The lowest BCUT2D eigenvalue weighted by molar-refractivity contribution is -0.126. The summed E-state index contributed by atoms with van der Waals surface area (Å²) in [6.07, 6.45) is 1.71. The number of methoxy groups -OCH3 is 2. The Hall–Kier alpha value is -2.24. The van der Waals surface area contributed by atoms with Crippen LogP contribution in [0.4, 0.5) is 0 Å². The van der Waals surface area contributed by atoms with E-state index < -0.39 is 0 Å². The largest absolute Gasteiger partial charge is 0.497 e. The van der Waals surface area contributed by atoms with Crippen molar-refractivity contribution in [3.8, 4) is 11.5 Å². The van der Waals surface area contributed by atoms with Crippen LogP contribution in [0, 0.1) is 5.92 Å². The number of nitrogens with zero attached hydrogens (tertiary/aromatic N) is 1. The molecule has 3 rings (SSSR count). The van der Waals surface area contributed by atoms with Crippen molar-refractivity contribution in [3.63, 3.8) is 0 Å². The molecule has 1 heterocycles. The maximum absolute atomic E-state index is 12.5. The fourth-order valence-corrected chi connectivity index (χ4v) is 3.75. The van der Waals surface area contributed by atoms with Gasteiger partial charge in [-0.05, 0) is 43.6 Å². The summed E-state index contributed by atoms with van der Waals surface area (Å²) in [5.41, 5.74) is 2.08. The SMILES string of the molecule is COc1ccc(CN2CCC(C(=O)NCc3ccccc3Cl)CC2)c(OC)c1. The molecule has 0 aromatic heterocycles. The van der Waals surface area contributed by atoms with Gasteiger partial charge in [-0.2, -0.15) is 0 Å². The van der Waals surface area contributed by atoms with Gasteiger partial charge in [-0.3, -0.25) is 9.69 Å². The minimum absolute atomic E-state index is 0.0523. The number of ether oxygens (including phenoxy) is 2. The molecule has 1 N–H and O–H groups in total. The Morgan fingerprint density at radius 2 is 1.86 bits per heavy atom. The number of piperidine rings is 1. The van der Waals surface area contributed by atoms with Crippen LogP contribution in [0.25, 0.3) is 0 Å². The zero-order chi connectivity index (χ0) is 19.9. The summed E-state index contributed by atoms with van der Waals surface area (Å²) in [6, 6.07) is 13.5. The monoisotopic (exact) mass is 402 g/mol. The van der Waals surface area contributed by atoms with Crippen LogP contribution in [0.2, 0.25) is 5.02 Å². The Labute approximate surface area is 171 Å². The van der Waals surface area contributed by atoms with E-state index in [1.807, 2.05) is 42.5 Å². The van der Waals surface area contributed by atoms with Crippen LogP contribution in [0.5, 0.6) is 11.5 Å². The Morgan fingerprint density at radius 3 is 2.54 bits per heavy atom. The highest BCUT2D eigenvalue weighted by molar-refractivity contribution is 6.31. The molecule has 0 atom stereocenters. The first-order valence-corrected chi connectivity index (χ1v) is 9.93. The number of likely N-dealkylation sites (tertiary alicyclic amines) is 1. The summed E-state index contributed by atoms with van der Waals surface area (Å²) in [5, 5.41) is 3.72. The van der Waals surface area contributed by atoms with Gasteiger partial charge < -0.3 is 14.8 Å². The van der Waals surface area contributed by atoms with E-state index in [-0.39, 0.29) is 11.8 Å². The van der Waals surface area contributed by atoms with Crippen molar-refractivity contribution in [3.05, 3.63) is 58.6 Å². The first-order chi connectivity index (χ1) is 13.6. The minimum atomic E-state index is 0.0523. The van der Waals surface area contributed by atoms with Gasteiger partial charge in [-0.15, -0.1) is 0 Å². The third-order valence-electron chi connectivity index (χ3n) is 5.26. The summed E-state index contributed by atoms with van der Waals surface area (Å²) in [4.78, 5) is 14.9. The van der Waals surface area contributed by atoms with Crippen molar-refractivity contribution in [1.82, 2.24) is 10.2 Å². The standard InChI is InChI=1S/C22H27ClN2O3/c1-27-19-8-7-18(21(13-19)28-2)15-25-11-9-16(10-12-25)22(26)24-14-17-5-3-4-6-20(17)23/h3-8,13,16H,9-12,14-15H2,1-2H3,(H,24,26). The molecule has 0 spiro atoms. The van der Waals surface area contributed by atoms with Crippen LogP contribution in [-0.4, -0.2) is 38.1 Å². The first-order valence-electron chi connectivity index (χ1n) is 9.55. The molecular weight excluding hydrogens is 376 g/mol. The van der Waals surface area contributed by atoms with E-state index >= 15 is 0 Å². The number of nitrogens with one attached hydrogen (secondary N) is 1. The highest BCUT2D eigenvalue weighted by Crippen LogP contribution is 2.27. The maximum atomic E-state index is 12.5. The predicted octanol–water partition coefficient (Wildman–Crippen LogP) is 3.89. The van der Waals surface area contributed by atoms with E-state index in [1.54, 1.807) is 14.2 Å². The van der Waals surface area contributed by atoms with E-state index in [0.717, 1.165) is 55.1 Å². The number of hydrogen-bond donors (Lipinski definition) is 1. The van der Waals surface area contributed by atoms with E-state index in [4.69, 9.17) is 21.1 Å². The zero-order valence-electron chi connectivity index (χ0n) is 16.4. The normalized spacial score (nSPS) is 15.2. The van der Waals surface area contributed by atoms with Crippen molar-refractivity contribution in [2.45, 2.75) is 25.9 Å². The smallest absolute Gasteiger partial charge is 0.223 e. The highest BCUT2D eigenvalue weighted by Gasteiger charge is 2.25. The minimum Gasteiger partial charge on any atom is -0.497 e. The Bertz CT molecular complexity index is 804. The Kier molecular flexibility index (Phi) is 7.18. The fraction of sp³-hybridized carbons (Fsp3) is 0.409. The molecule has 28 heavy (non-hydrogen) atoms. The van der Waals surface area contributed by atoms with Crippen LogP contribution in [0.3, 0.4) is 0 Å². The molecular formula is C22H27ClN2O3. The first kappa shape index (κ1) is 20.5. The van der Waals surface area contributed by atoms with Gasteiger partial charge in [-0.1, -0.05) is 35.9 Å². The zero-order valence-corrected chi connectivity index (χ0v) is 17.2. The topological polar surface area (TPSA) is 50.8 Å². The van der Waals surface area contributed by atoms with Crippen molar-refractivity contribution in [2.75, 3.05) is 27.3 Å². The summed E-state index contributed by atoms with van der Waals surface area (Å²) < 4.78 is 10.7. The van der Waals surface area contributed by atoms with Gasteiger partial charge >= 0.3 is 0 Å². The molecule has 150 valence electrons. The number of carbonyl (C=O) groups is 1. The van der Waals surface area contributed by atoms with Crippen LogP contribution >= 0.6 is 11.6 Å². The number of benzene rings is 2. The molecule has 0 radical (unpaired) electrons. The lowest BCUT2D eigenvalue weighted by atomic mass is 9.95.